The molecule has 0 radical (unpaired) electrons. The lowest BCUT2D eigenvalue weighted by molar-refractivity contribution is 0.923. The quantitative estimate of drug-likeness (QED) is 0.658. The number of imidazole rings is 1. The van der Waals surface area contributed by atoms with Gasteiger partial charge in [0.05, 0.1) is 5.69 Å². The molecular formula is C10H11N3. The zero-order chi connectivity index (χ0) is 9.26. The van der Waals surface area contributed by atoms with E-state index in [2.05, 4.69) is 9.97 Å². The van der Waals surface area contributed by atoms with Gasteiger partial charge in [-0.15, -0.1) is 0 Å². The van der Waals surface area contributed by atoms with Gasteiger partial charge in [-0.05, 0) is 19.1 Å². The molecule has 0 atom stereocenters. The van der Waals surface area contributed by atoms with Crippen LogP contribution in [0.3, 0.4) is 0 Å². The summed E-state index contributed by atoms with van der Waals surface area (Å²) in [4.78, 5) is 8.46. The fourth-order valence-electron chi connectivity index (χ4n) is 1.38. The van der Waals surface area contributed by atoms with Crippen LogP contribution in [0.1, 0.15) is 5.69 Å². The second-order valence-corrected chi connectivity index (χ2v) is 3.06. The van der Waals surface area contributed by atoms with Crippen molar-refractivity contribution in [2.75, 3.05) is 0 Å². The number of aromatic nitrogens is 3. The largest absolute Gasteiger partial charge is 0.334 e. The SMILES string of the molecule is Cc1cn(C)c(-c2cccnc2)n1. The molecule has 66 valence electrons. The summed E-state index contributed by atoms with van der Waals surface area (Å²) in [5.41, 5.74) is 2.08. The van der Waals surface area contributed by atoms with E-state index >= 15 is 0 Å². The molecule has 3 nitrogen and oxygen atoms in total. The Kier molecular flexibility index (Phi) is 1.85. The topological polar surface area (TPSA) is 30.7 Å². The Morgan fingerprint density at radius 3 is 2.77 bits per heavy atom. The van der Waals surface area contributed by atoms with Crippen LogP contribution in [0, 0.1) is 6.92 Å². The summed E-state index contributed by atoms with van der Waals surface area (Å²) in [7, 11) is 1.99. The fraction of sp³-hybridized carbons (Fsp3) is 0.200. The number of hydrogen-bond acceptors (Lipinski definition) is 2. The van der Waals surface area contributed by atoms with Gasteiger partial charge in [-0.1, -0.05) is 0 Å². The molecule has 0 bridgehead atoms. The fourth-order valence-corrected chi connectivity index (χ4v) is 1.38. The molecule has 0 N–H and O–H groups in total. The van der Waals surface area contributed by atoms with Crippen molar-refractivity contribution < 1.29 is 0 Å². The first-order chi connectivity index (χ1) is 6.27. The van der Waals surface area contributed by atoms with Gasteiger partial charge in [-0.25, -0.2) is 4.98 Å². The number of pyridine rings is 1. The van der Waals surface area contributed by atoms with Crippen molar-refractivity contribution in [2.45, 2.75) is 6.92 Å². The highest BCUT2D eigenvalue weighted by Gasteiger charge is 2.03. The normalized spacial score (nSPS) is 10.3. The maximum absolute atomic E-state index is 4.40. The Bertz CT molecular complexity index is 403. The predicted octanol–water partition coefficient (Wildman–Crippen LogP) is 1.79. The van der Waals surface area contributed by atoms with Gasteiger partial charge in [0.1, 0.15) is 5.82 Å². The first-order valence-electron chi connectivity index (χ1n) is 4.18. The standard InChI is InChI=1S/C10H11N3/c1-8-7-13(2)10(12-8)9-4-3-5-11-6-9/h3-7H,1-2H3. The molecule has 2 aromatic rings. The van der Waals surface area contributed by atoms with E-state index in [0.29, 0.717) is 0 Å². The van der Waals surface area contributed by atoms with E-state index < -0.39 is 0 Å². The molecule has 2 heterocycles. The van der Waals surface area contributed by atoms with Crippen molar-refractivity contribution in [1.29, 1.82) is 0 Å². The van der Waals surface area contributed by atoms with Crippen LogP contribution in [-0.2, 0) is 7.05 Å². The summed E-state index contributed by atoms with van der Waals surface area (Å²) in [6.07, 6.45) is 5.59. The first kappa shape index (κ1) is 7.98. The maximum Gasteiger partial charge on any atom is 0.141 e. The van der Waals surface area contributed by atoms with Crippen molar-refractivity contribution in [2.24, 2.45) is 7.05 Å². The van der Waals surface area contributed by atoms with Gasteiger partial charge < -0.3 is 4.57 Å². The number of aryl methyl sites for hydroxylation is 2. The lowest BCUT2D eigenvalue weighted by atomic mass is 10.3. The van der Waals surface area contributed by atoms with E-state index in [4.69, 9.17) is 0 Å². The Hall–Kier alpha value is -1.64. The lowest BCUT2D eigenvalue weighted by Crippen LogP contribution is -1.90. The number of nitrogens with zero attached hydrogens (tertiary/aromatic N) is 3. The van der Waals surface area contributed by atoms with E-state index in [1.807, 2.05) is 43.1 Å². The van der Waals surface area contributed by atoms with Gasteiger partial charge in [-0.2, -0.15) is 0 Å². The van der Waals surface area contributed by atoms with E-state index in [9.17, 15) is 0 Å². The van der Waals surface area contributed by atoms with Crippen LogP contribution in [0.5, 0.6) is 0 Å². The number of hydrogen-bond donors (Lipinski definition) is 0. The molecule has 0 saturated heterocycles. The first-order valence-corrected chi connectivity index (χ1v) is 4.18. The van der Waals surface area contributed by atoms with Gasteiger partial charge in [0.25, 0.3) is 0 Å². The highest BCUT2D eigenvalue weighted by atomic mass is 15.0. The highest BCUT2D eigenvalue weighted by Crippen LogP contribution is 2.15. The molecular weight excluding hydrogens is 162 g/mol. The molecule has 3 heteroatoms. The molecule has 0 amide bonds. The Morgan fingerprint density at radius 1 is 1.38 bits per heavy atom. The summed E-state index contributed by atoms with van der Waals surface area (Å²) in [5, 5.41) is 0. The second-order valence-electron chi connectivity index (χ2n) is 3.06. The molecule has 0 aromatic carbocycles. The van der Waals surface area contributed by atoms with Gasteiger partial charge in [0.15, 0.2) is 0 Å². The third-order valence-corrected chi connectivity index (χ3v) is 1.92. The maximum atomic E-state index is 4.40. The summed E-state index contributed by atoms with van der Waals surface area (Å²) >= 11 is 0. The van der Waals surface area contributed by atoms with E-state index in [1.54, 1.807) is 6.20 Å². The zero-order valence-corrected chi connectivity index (χ0v) is 7.73. The van der Waals surface area contributed by atoms with Crippen molar-refractivity contribution in [3.05, 3.63) is 36.4 Å². The van der Waals surface area contributed by atoms with Crippen molar-refractivity contribution >= 4 is 0 Å². The Morgan fingerprint density at radius 2 is 2.23 bits per heavy atom. The van der Waals surface area contributed by atoms with Crippen LogP contribution in [-0.4, -0.2) is 14.5 Å². The van der Waals surface area contributed by atoms with E-state index in [-0.39, 0.29) is 0 Å². The number of rotatable bonds is 1. The Balaban J connectivity index is 2.53. The van der Waals surface area contributed by atoms with Crippen LogP contribution >= 0.6 is 0 Å². The molecule has 2 rings (SSSR count). The van der Waals surface area contributed by atoms with Crippen LogP contribution in [0.2, 0.25) is 0 Å². The molecule has 0 unspecified atom stereocenters. The monoisotopic (exact) mass is 173 g/mol. The van der Waals surface area contributed by atoms with Crippen LogP contribution < -0.4 is 0 Å². The molecule has 13 heavy (non-hydrogen) atoms. The van der Waals surface area contributed by atoms with Gasteiger partial charge >= 0.3 is 0 Å². The Labute approximate surface area is 77.1 Å². The van der Waals surface area contributed by atoms with Crippen LogP contribution in [0.25, 0.3) is 11.4 Å². The molecule has 2 aromatic heterocycles. The third-order valence-electron chi connectivity index (χ3n) is 1.92. The van der Waals surface area contributed by atoms with Crippen molar-refractivity contribution in [3.63, 3.8) is 0 Å². The summed E-state index contributed by atoms with van der Waals surface area (Å²) in [6, 6.07) is 3.92. The molecule has 0 aliphatic carbocycles. The van der Waals surface area contributed by atoms with Gasteiger partial charge in [-0.3, -0.25) is 4.98 Å². The summed E-state index contributed by atoms with van der Waals surface area (Å²) < 4.78 is 2.01. The third kappa shape index (κ3) is 1.45. The molecule has 0 aliphatic rings. The zero-order valence-electron chi connectivity index (χ0n) is 7.73. The molecule has 0 spiro atoms. The van der Waals surface area contributed by atoms with E-state index in [1.165, 1.54) is 0 Å². The summed E-state index contributed by atoms with van der Waals surface area (Å²) in [6.45, 7) is 1.99. The van der Waals surface area contributed by atoms with Crippen LogP contribution in [0.4, 0.5) is 0 Å². The van der Waals surface area contributed by atoms with E-state index in [0.717, 1.165) is 17.1 Å². The van der Waals surface area contributed by atoms with Crippen LogP contribution in [0.15, 0.2) is 30.7 Å². The summed E-state index contributed by atoms with van der Waals surface area (Å²) in [5.74, 6) is 0.964. The predicted molar refractivity (Wildman–Crippen MR) is 51.2 cm³/mol. The van der Waals surface area contributed by atoms with Crippen molar-refractivity contribution in [1.82, 2.24) is 14.5 Å². The molecule has 0 fully saturated rings. The average Bonchev–Trinajstić information content (AvgIpc) is 2.47. The molecule has 0 aliphatic heterocycles. The lowest BCUT2D eigenvalue weighted by Gasteiger charge is -1.98. The molecule has 0 saturated carbocycles. The minimum Gasteiger partial charge on any atom is -0.334 e. The smallest absolute Gasteiger partial charge is 0.141 e. The second kappa shape index (κ2) is 3.01. The minimum atomic E-state index is 0.964. The average molecular weight is 173 g/mol. The highest BCUT2D eigenvalue weighted by molar-refractivity contribution is 5.53. The minimum absolute atomic E-state index is 0.964. The van der Waals surface area contributed by atoms with Gasteiger partial charge in [0.2, 0.25) is 0 Å². The van der Waals surface area contributed by atoms with Gasteiger partial charge in [0, 0.05) is 31.2 Å². The van der Waals surface area contributed by atoms with Crippen molar-refractivity contribution in [3.8, 4) is 11.4 Å².